The number of amides is 1. The predicted molar refractivity (Wildman–Crippen MR) is 90.5 cm³/mol. The number of halogens is 1. The van der Waals surface area contributed by atoms with Gasteiger partial charge in [-0.05, 0) is 24.3 Å². The van der Waals surface area contributed by atoms with Crippen LogP contribution in [0.25, 0.3) is 0 Å². The zero-order valence-electron chi connectivity index (χ0n) is 11.0. The highest BCUT2D eigenvalue weighted by atomic mass is 35.5. The molecular weight excluding hydrogens is 326 g/mol. The Kier molecular flexibility index (Phi) is 4.48. The van der Waals surface area contributed by atoms with Gasteiger partial charge in [0.25, 0.3) is 5.91 Å². The van der Waals surface area contributed by atoms with E-state index in [9.17, 15) is 4.79 Å². The molecule has 0 saturated carbocycles. The number of rotatable bonds is 3. The molecule has 1 amide bonds. The van der Waals surface area contributed by atoms with Gasteiger partial charge in [0.1, 0.15) is 0 Å². The topological polar surface area (TPSA) is 44.7 Å². The lowest BCUT2D eigenvalue weighted by molar-refractivity contribution is 0.0959. The minimum atomic E-state index is -0.236. The minimum Gasteiger partial charge on any atom is -0.319 e. The van der Waals surface area contributed by atoms with Gasteiger partial charge in [0.05, 0.1) is 9.21 Å². The van der Waals surface area contributed by atoms with Crippen LogP contribution in [0.15, 0.2) is 47.6 Å². The number of hydrazone groups is 1. The molecule has 108 valence electrons. The summed E-state index contributed by atoms with van der Waals surface area (Å²) < 4.78 is 0.592. The first kappa shape index (κ1) is 14.4. The number of thiophene rings is 1. The molecule has 4 nitrogen and oxygen atoms in total. The molecule has 1 fully saturated rings. The number of hydrogen-bond acceptors (Lipinski definition) is 4. The van der Waals surface area contributed by atoms with E-state index >= 15 is 0 Å². The molecule has 21 heavy (non-hydrogen) atoms. The van der Waals surface area contributed by atoms with Gasteiger partial charge in [-0.25, -0.2) is 5.43 Å². The van der Waals surface area contributed by atoms with Gasteiger partial charge in [0.15, 0.2) is 5.17 Å². The number of anilines is 1. The van der Waals surface area contributed by atoms with Crippen LogP contribution in [0.4, 0.5) is 5.69 Å². The van der Waals surface area contributed by atoms with Crippen LogP contribution in [0.1, 0.15) is 9.67 Å². The van der Waals surface area contributed by atoms with Crippen LogP contribution in [0.5, 0.6) is 0 Å². The Labute approximate surface area is 135 Å². The Morgan fingerprint density at radius 2 is 2.05 bits per heavy atom. The van der Waals surface area contributed by atoms with Gasteiger partial charge in [-0.2, -0.15) is 0 Å². The molecule has 1 N–H and O–H groups in total. The van der Waals surface area contributed by atoms with Crippen molar-refractivity contribution < 1.29 is 4.79 Å². The number of amidine groups is 1. The highest BCUT2D eigenvalue weighted by Gasteiger charge is 2.21. The Hall–Kier alpha value is -1.50. The fraction of sp³-hybridized carbons (Fsp3) is 0.143. The van der Waals surface area contributed by atoms with Crippen molar-refractivity contribution in [2.24, 2.45) is 5.10 Å². The molecule has 1 saturated heterocycles. The molecule has 1 aliphatic heterocycles. The standard InChI is InChI=1S/C14H12ClN3OS2/c15-12-7-6-11(21-12)13(19)16-17-14-18(8-9-20-14)10-4-2-1-3-5-10/h1-7H,8-9H2,(H,16,19)/b17-14-. The number of para-hydroxylation sites is 1. The number of carbonyl (C=O) groups excluding carboxylic acids is 1. The summed E-state index contributed by atoms with van der Waals surface area (Å²) in [5.41, 5.74) is 3.67. The fourth-order valence-corrected chi connectivity index (χ4v) is 3.78. The van der Waals surface area contributed by atoms with Crippen molar-refractivity contribution in [3.05, 3.63) is 51.7 Å². The first-order valence-corrected chi connectivity index (χ1v) is 8.51. The third kappa shape index (κ3) is 3.40. The van der Waals surface area contributed by atoms with Gasteiger partial charge in [-0.3, -0.25) is 4.79 Å². The van der Waals surface area contributed by atoms with E-state index in [0.29, 0.717) is 9.21 Å². The summed E-state index contributed by atoms with van der Waals surface area (Å²) in [4.78, 5) is 14.6. The van der Waals surface area contributed by atoms with Crippen LogP contribution in [-0.4, -0.2) is 23.4 Å². The number of benzene rings is 1. The molecule has 0 atom stereocenters. The Morgan fingerprint density at radius 1 is 1.24 bits per heavy atom. The summed E-state index contributed by atoms with van der Waals surface area (Å²) in [5.74, 6) is 0.717. The lowest BCUT2D eigenvalue weighted by Gasteiger charge is -2.17. The van der Waals surface area contributed by atoms with E-state index in [1.54, 1.807) is 23.9 Å². The van der Waals surface area contributed by atoms with Crippen LogP contribution < -0.4 is 10.3 Å². The van der Waals surface area contributed by atoms with Crippen molar-refractivity contribution in [3.63, 3.8) is 0 Å². The van der Waals surface area contributed by atoms with Gasteiger partial charge in [-0.15, -0.1) is 16.4 Å². The number of nitrogens with one attached hydrogen (secondary N) is 1. The van der Waals surface area contributed by atoms with Crippen molar-refractivity contribution in [3.8, 4) is 0 Å². The third-order valence-corrected chi connectivity index (χ3v) is 5.08. The summed E-state index contributed by atoms with van der Waals surface area (Å²) in [6.07, 6.45) is 0. The molecule has 0 aliphatic carbocycles. The summed E-state index contributed by atoms with van der Waals surface area (Å²) in [6.45, 7) is 0.883. The van der Waals surface area contributed by atoms with Crippen LogP contribution in [0.3, 0.4) is 0 Å². The normalized spacial score (nSPS) is 16.4. The van der Waals surface area contributed by atoms with Gasteiger partial charge >= 0.3 is 0 Å². The highest BCUT2D eigenvalue weighted by Crippen LogP contribution is 2.25. The largest absolute Gasteiger partial charge is 0.319 e. The van der Waals surface area contributed by atoms with Crippen molar-refractivity contribution in [1.82, 2.24) is 5.43 Å². The maximum atomic E-state index is 12.0. The van der Waals surface area contributed by atoms with E-state index in [1.807, 2.05) is 30.3 Å². The molecular formula is C14H12ClN3OS2. The van der Waals surface area contributed by atoms with Crippen molar-refractivity contribution in [2.45, 2.75) is 0 Å². The Balaban J connectivity index is 1.72. The molecule has 1 aromatic heterocycles. The summed E-state index contributed by atoms with van der Waals surface area (Å²) in [6, 6.07) is 13.4. The van der Waals surface area contributed by atoms with E-state index in [4.69, 9.17) is 11.6 Å². The monoisotopic (exact) mass is 337 g/mol. The van der Waals surface area contributed by atoms with Crippen molar-refractivity contribution in [2.75, 3.05) is 17.2 Å². The Morgan fingerprint density at radius 3 is 2.76 bits per heavy atom. The maximum absolute atomic E-state index is 12.0. The molecule has 0 bridgehead atoms. The Bertz CT molecular complexity index is 672. The lowest BCUT2D eigenvalue weighted by Crippen LogP contribution is -2.27. The molecule has 1 aliphatic rings. The summed E-state index contributed by atoms with van der Waals surface area (Å²) in [5, 5.41) is 5.04. The van der Waals surface area contributed by atoms with Gasteiger partial charge < -0.3 is 4.90 Å². The molecule has 2 aromatic rings. The zero-order chi connectivity index (χ0) is 14.7. The van der Waals surface area contributed by atoms with Crippen LogP contribution in [0.2, 0.25) is 4.34 Å². The quantitative estimate of drug-likeness (QED) is 0.869. The first-order valence-electron chi connectivity index (χ1n) is 6.33. The smallest absolute Gasteiger partial charge is 0.281 e. The number of nitrogens with zero attached hydrogens (tertiary/aromatic N) is 2. The van der Waals surface area contributed by atoms with Gasteiger partial charge in [0.2, 0.25) is 0 Å². The number of thioether (sulfide) groups is 1. The summed E-state index contributed by atoms with van der Waals surface area (Å²) >= 11 is 8.69. The average Bonchev–Trinajstić information content (AvgIpc) is 3.14. The third-order valence-electron chi connectivity index (χ3n) is 2.89. The summed E-state index contributed by atoms with van der Waals surface area (Å²) in [7, 11) is 0. The van der Waals surface area contributed by atoms with E-state index in [2.05, 4.69) is 15.4 Å². The molecule has 0 unspecified atom stereocenters. The molecule has 7 heteroatoms. The minimum absolute atomic E-state index is 0.236. The second-order valence-corrected chi connectivity index (χ2v) is 7.05. The SMILES string of the molecule is O=C(N/N=C1\SCCN1c1ccccc1)c1ccc(Cl)s1. The number of carbonyl (C=O) groups is 1. The zero-order valence-corrected chi connectivity index (χ0v) is 13.3. The van der Waals surface area contributed by atoms with E-state index < -0.39 is 0 Å². The first-order chi connectivity index (χ1) is 10.2. The fourth-order valence-electron chi connectivity index (χ4n) is 1.93. The van der Waals surface area contributed by atoms with E-state index in [1.165, 1.54) is 11.3 Å². The maximum Gasteiger partial charge on any atom is 0.281 e. The number of hydrogen-bond donors (Lipinski definition) is 1. The van der Waals surface area contributed by atoms with Crippen molar-refractivity contribution in [1.29, 1.82) is 0 Å². The molecule has 3 rings (SSSR count). The van der Waals surface area contributed by atoms with Crippen molar-refractivity contribution >= 4 is 51.5 Å². The molecule has 2 heterocycles. The lowest BCUT2D eigenvalue weighted by atomic mass is 10.3. The second kappa shape index (κ2) is 6.51. The average molecular weight is 338 g/mol. The molecule has 1 aromatic carbocycles. The molecule has 0 spiro atoms. The van der Waals surface area contributed by atoms with Crippen LogP contribution >= 0.6 is 34.7 Å². The molecule has 0 radical (unpaired) electrons. The highest BCUT2D eigenvalue weighted by molar-refractivity contribution is 8.14. The van der Waals surface area contributed by atoms with Gasteiger partial charge in [0, 0.05) is 18.0 Å². The second-order valence-electron chi connectivity index (χ2n) is 4.27. The van der Waals surface area contributed by atoms with Crippen LogP contribution in [0, 0.1) is 0 Å². The van der Waals surface area contributed by atoms with Crippen LogP contribution in [-0.2, 0) is 0 Å². The van der Waals surface area contributed by atoms with Gasteiger partial charge in [-0.1, -0.05) is 41.6 Å². The van der Waals surface area contributed by atoms with E-state index in [0.717, 1.165) is 23.2 Å². The van der Waals surface area contributed by atoms with E-state index in [-0.39, 0.29) is 5.91 Å². The predicted octanol–water partition coefficient (Wildman–Crippen LogP) is 3.66.